The maximum atomic E-state index is 12.3. The van der Waals surface area contributed by atoms with E-state index in [1.165, 1.54) is 16.9 Å². The summed E-state index contributed by atoms with van der Waals surface area (Å²) in [6.07, 6.45) is 2.07. The number of Topliss-reactive ketones (excluding diaryl/α,β-unsaturated/α-hetero) is 1. The lowest BCUT2D eigenvalue weighted by Crippen LogP contribution is -2.04. The van der Waals surface area contributed by atoms with Crippen LogP contribution >= 0.6 is 23.1 Å². The Balaban J connectivity index is 1.71. The van der Waals surface area contributed by atoms with Crippen LogP contribution in [0.25, 0.3) is 0 Å². The molecule has 0 saturated heterocycles. The van der Waals surface area contributed by atoms with Gasteiger partial charge in [0.2, 0.25) is 0 Å². The summed E-state index contributed by atoms with van der Waals surface area (Å²) in [6, 6.07) is 8.15. The third-order valence-corrected chi connectivity index (χ3v) is 5.62. The van der Waals surface area contributed by atoms with Crippen molar-refractivity contribution in [2.45, 2.75) is 30.7 Å². The van der Waals surface area contributed by atoms with E-state index in [1.54, 1.807) is 18.1 Å². The van der Waals surface area contributed by atoms with Gasteiger partial charge in [0.15, 0.2) is 10.9 Å². The van der Waals surface area contributed by atoms with Crippen LogP contribution in [0, 0.1) is 6.92 Å². The molecule has 2 heterocycles. The van der Waals surface area contributed by atoms with Gasteiger partial charge >= 0.3 is 0 Å². The summed E-state index contributed by atoms with van der Waals surface area (Å²) in [5, 5.41) is 11.9. The lowest BCUT2D eigenvalue weighted by atomic mass is 10.0. The molecule has 0 aliphatic heterocycles. The first-order chi connectivity index (χ1) is 11.5. The fourth-order valence-electron chi connectivity index (χ4n) is 2.33. The molecule has 0 aliphatic carbocycles. The summed E-state index contributed by atoms with van der Waals surface area (Å²) in [4.78, 5) is 16.6. The molecule has 3 aromatic rings. The highest BCUT2D eigenvalue weighted by molar-refractivity contribution is 7.99. The monoisotopic (exact) mass is 358 g/mol. The maximum Gasteiger partial charge on any atom is 0.191 e. The number of thioether (sulfide) groups is 1. The number of ketones is 1. The van der Waals surface area contributed by atoms with E-state index < -0.39 is 0 Å². The normalized spacial score (nSPS) is 12.3. The number of hydrogen-bond donors (Lipinski definition) is 0. The van der Waals surface area contributed by atoms with Gasteiger partial charge in [0.05, 0.1) is 5.01 Å². The van der Waals surface area contributed by atoms with Gasteiger partial charge in [-0.3, -0.25) is 4.79 Å². The van der Waals surface area contributed by atoms with Crippen molar-refractivity contribution in [2.75, 3.05) is 0 Å². The van der Waals surface area contributed by atoms with Gasteiger partial charge in [-0.25, -0.2) is 4.98 Å². The SMILES string of the molecule is Cc1nc(C(=O)Cc2cccc([C@H](C)Sc3nncn3C)c2)cs1. The molecule has 3 rings (SSSR count). The molecule has 0 spiro atoms. The average molecular weight is 358 g/mol. The zero-order valence-corrected chi connectivity index (χ0v) is 15.4. The Kier molecular flexibility index (Phi) is 5.11. The van der Waals surface area contributed by atoms with Crippen LogP contribution in [-0.2, 0) is 13.5 Å². The van der Waals surface area contributed by atoms with E-state index >= 15 is 0 Å². The number of nitrogens with zero attached hydrogens (tertiary/aromatic N) is 4. The van der Waals surface area contributed by atoms with Crippen LogP contribution in [0.5, 0.6) is 0 Å². The van der Waals surface area contributed by atoms with E-state index in [1.807, 2.05) is 36.1 Å². The maximum absolute atomic E-state index is 12.3. The van der Waals surface area contributed by atoms with Crippen molar-refractivity contribution in [1.82, 2.24) is 19.7 Å². The molecule has 0 bridgehead atoms. The summed E-state index contributed by atoms with van der Waals surface area (Å²) in [5.74, 6) is 0.0603. The lowest BCUT2D eigenvalue weighted by Gasteiger charge is -2.12. The Morgan fingerprint density at radius 3 is 2.92 bits per heavy atom. The summed E-state index contributed by atoms with van der Waals surface area (Å²) in [5.41, 5.74) is 2.74. The number of carbonyl (C=O) groups is 1. The van der Waals surface area contributed by atoms with Crippen LogP contribution in [0.3, 0.4) is 0 Å². The Morgan fingerprint density at radius 2 is 2.25 bits per heavy atom. The Bertz CT molecular complexity index is 856. The second-order valence-corrected chi connectivity index (χ2v) is 7.95. The van der Waals surface area contributed by atoms with Crippen molar-refractivity contribution in [3.8, 4) is 0 Å². The highest BCUT2D eigenvalue weighted by Crippen LogP contribution is 2.33. The summed E-state index contributed by atoms with van der Waals surface area (Å²) >= 11 is 3.16. The van der Waals surface area contributed by atoms with Gasteiger partial charge in [0, 0.05) is 24.1 Å². The third kappa shape index (κ3) is 3.91. The summed E-state index contributed by atoms with van der Waals surface area (Å²) in [7, 11) is 1.93. The summed E-state index contributed by atoms with van der Waals surface area (Å²) < 4.78 is 1.90. The molecule has 7 heteroatoms. The van der Waals surface area contributed by atoms with Crippen molar-refractivity contribution in [3.05, 3.63) is 57.8 Å². The second-order valence-electron chi connectivity index (χ2n) is 5.58. The van der Waals surface area contributed by atoms with E-state index in [4.69, 9.17) is 0 Å². The molecule has 0 radical (unpaired) electrons. The first kappa shape index (κ1) is 16.9. The fourth-order valence-corrected chi connectivity index (χ4v) is 3.85. The molecular weight excluding hydrogens is 340 g/mol. The number of hydrogen-bond acceptors (Lipinski definition) is 6. The quantitative estimate of drug-likeness (QED) is 0.495. The molecule has 0 aliphatic rings. The van der Waals surface area contributed by atoms with Gasteiger partial charge in [0.25, 0.3) is 0 Å². The van der Waals surface area contributed by atoms with Crippen LogP contribution in [0.15, 0.2) is 41.1 Å². The number of aromatic nitrogens is 4. The zero-order valence-electron chi connectivity index (χ0n) is 13.8. The van der Waals surface area contributed by atoms with E-state index in [0.717, 1.165) is 15.7 Å². The highest BCUT2D eigenvalue weighted by atomic mass is 32.2. The largest absolute Gasteiger partial charge is 0.312 e. The Hall–Kier alpha value is -1.99. The van der Waals surface area contributed by atoms with Gasteiger partial charge in [0.1, 0.15) is 12.0 Å². The minimum absolute atomic E-state index is 0.0603. The van der Waals surface area contributed by atoms with Gasteiger partial charge in [-0.1, -0.05) is 36.0 Å². The molecule has 0 unspecified atom stereocenters. The summed E-state index contributed by atoms with van der Waals surface area (Å²) in [6.45, 7) is 4.04. The standard InChI is InChI=1S/C17H18N4OS2/c1-11(24-17-20-18-10-21(17)3)14-6-4-5-13(7-14)8-16(22)15-9-23-12(2)19-15/h4-7,9-11H,8H2,1-3H3/t11-/m0/s1. The topological polar surface area (TPSA) is 60.7 Å². The van der Waals surface area contributed by atoms with Crippen molar-refractivity contribution in [1.29, 1.82) is 0 Å². The lowest BCUT2D eigenvalue weighted by molar-refractivity contribution is 0.0988. The Labute approximate surface area is 149 Å². The molecule has 0 amide bonds. The minimum atomic E-state index is 0.0603. The molecule has 2 aromatic heterocycles. The molecule has 1 aromatic carbocycles. The van der Waals surface area contributed by atoms with Crippen molar-refractivity contribution in [2.24, 2.45) is 7.05 Å². The van der Waals surface area contributed by atoms with Crippen molar-refractivity contribution in [3.63, 3.8) is 0 Å². The van der Waals surface area contributed by atoms with Gasteiger partial charge < -0.3 is 4.57 Å². The molecule has 24 heavy (non-hydrogen) atoms. The molecule has 0 fully saturated rings. The van der Waals surface area contributed by atoms with Gasteiger partial charge in [-0.15, -0.1) is 21.5 Å². The number of thiazole rings is 1. The van der Waals surface area contributed by atoms with Crippen molar-refractivity contribution < 1.29 is 4.79 Å². The predicted octanol–water partition coefficient (Wildman–Crippen LogP) is 3.86. The van der Waals surface area contributed by atoms with E-state index in [2.05, 4.69) is 34.2 Å². The zero-order chi connectivity index (χ0) is 17.1. The molecular formula is C17H18N4OS2. The van der Waals surface area contributed by atoms with E-state index in [0.29, 0.717) is 12.1 Å². The molecule has 0 N–H and O–H groups in total. The van der Waals surface area contributed by atoms with Crippen LogP contribution in [-0.4, -0.2) is 25.5 Å². The number of rotatable bonds is 6. The van der Waals surface area contributed by atoms with Crippen LogP contribution in [0.1, 0.15) is 38.8 Å². The molecule has 5 nitrogen and oxygen atoms in total. The first-order valence-electron chi connectivity index (χ1n) is 7.57. The number of benzene rings is 1. The van der Waals surface area contributed by atoms with E-state index in [9.17, 15) is 4.79 Å². The van der Waals surface area contributed by atoms with Gasteiger partial charge in [-0.2, -0.15) is 0 Å². The smallest absolute Gasteiger partial charge is 0.191 e. The average Bonchev–Trinajstić information content (AvgIpc) is 3.17. The molecule has 0 saturated carbocycles. The van der Waals surface area contributed by atoms with Gasteiger partial charge in [-0.05, 0) is 25.0 Å². The van der Waals surface area contributed by atoms with Crippen molar-refractivity contribution >= 4 is 28.9 Å². The third-order valence-electron chi connectivity index (χ3n) is 3.64. The Morgan fingerprint density at radius 1 is 1.42 bits per heavy atom. The minimum Gasteiger partial charge on any atom is -0.312 e. The van der Waals surface area contributed by atoms with Crippen LogP contribution in [0.4, 0.5) is 0 Å². The number of aryl methyl sites for hydroxylation is 2. The van der Waals surface area contributed by atoms with Crippen LogP contribution in [0.2, 0.25) is 0 Å². The molecule has 124 valence electrons. The highest BCUT2D eigenvalue weighted by Gasteiger charge is 2.14. The molecule has 1 atom stereocenters. The first-order valence-corrected chi connectivity index (χ1v) is 9.33. The predicted molar refractivity (Wildman–Crippen MR) is 96.6 cm³/mol. The number of carbonyl (C=O) groups excluding carboxylic acids is 1. The second kappa shape index (κ2) is 7.27. The van der Waals surface area contributed by atoms with E-state index in [-0.39, 0.29) is 11.0 Å². The van der Waals surface area contributed by atoms with Crippen LogP contribution < -0.4 is 0 Å². The fraction of sp³-hybridized carbons (Fsp3) is 0.294.